The van der Waals surface area contributed by atoms with Crippen molar-refractivity contribution in [3.05, 3.63) is 23.8 Å². The van der Waals surface area contributed by atoms with Gasteiger partial charge in [0.1, 0.15) is 0 Å². The number of methoxy groups -OCH3 is 1. The Morgan fingerprint density at radius 2 is 1.85 bits per heavy atom. The first-order valence-corrected chi connectivity index (χ1v) is 9.49. The van der Waals surface area contributed by atoms with Crippen LogP contribution in [0.5, 0.6) is 11.5 Å². The molecule has 1 rings (SSSR count). The van der Waals surface area contributed by atoms with Gasteiger partial charge >= 0.3 is 5.97 Å². The van der Waals surface area contributed by atoms with Crippen LogP contribution in [0.15, 0.2) is 23.2 Å². The van der Waals surface area contributed by atoms with Crippen molar-refractivity contribution in [3.63, 3.8) is 0 Å². The Labute approximate surface area is 162 Å². The van der Waals surface area contributed by atoms with E-state index in [1.54, 1.807) is 7.05 Å². The van der Waals surface area contributed by atoms with Crippen LogP contribution in [0.1, 0.15) is 51.6 Å². The molecule has 7 nitrogen and oxygen atoms in total. The van der Waals surface area contributed by atoms with E-state index in [1.165, 1.54) is 7.11 Å². The zero-order valence-corrected chi connectivity index (χ0v) is 17.1. The number of guanidine groups is 1. The van der Waals surface area contributed by atoms with E-state index in [-0.39, 0.29) is 12.0 Å². The number of unbranched alkanes of at least 4 members (excludes halogenated alkanes) is 1. The summed E-state index contributed by atoms with van der Waals surface area (Å²) in [6, 6.07) is 6.00. The van der Waals surface area contributed by atoms with Crippen molar-refractivity contribution in [1.82, 2.24) is 10.6 Å². The second-order valence-corrected chi connectivity index (χ2v) is 5.97. The predicted octanol–water partition coefficient (Wildman–Crippen LogP) is 3.05. The maximum atomic E-state index is 11.1. The van der Waals surface area contributed by atoms with E-state index in [9.17, 15) is 4.79 Å². The Kier molecular flexibility index (Phi) is 10.7. The summed E-state index contributed by atoms with van der Waals surface area (Å²) in [6.07, 6.45) is 2.08. The van der Waals surface area contributed by atoms with Crippen LogP contribution in [0.25, 0.3) is 0 Å². The fourth-order valence-electron chi connectivity index (χ4n) is 2.52. The van der Waals surface area contributed by atoms with Gasteiger partial charge < -0.3 is 24.8 Å². The van der Waals surface area contributed by atoms with Crippen LogP contribution in [-0.2, 0) is 9.53 Å². The van der Waals surface area contributed by atoms with Gasteiger partial charge in [0.05, 0.1) is 26.4 Å². The summed E-state index contributed by atoms with van der Waals surface area (Å²) in [6.45, 7) is 7.89. The van der Waals surface area contributed by atoms with E-state index >= 15 is 0 Å². The summed E-state index contributed by atoms with van der Waals surface area (Å²) in [4.78, 5) is 15.4. The number of nitrogens with zero attached hydrogens (tertiary/aromatic N) is 1. The highest BCUT2D eigenvalue weighted by Crippen LogP contribution is 2.30. The van der Waals surface area contributed by atoms with Gasteiger partial charge in [-0.1, -0.05) is 6.07 Å². The lowest BCUT2D eigenvalue weighted by Crippen LogP contribution is -2.39. The SMILES string of the molecule is CCOc1ccc(C(C)NC(=NC)NCCCCC(=O)OC)cc1OCC. The largest absolute Gasteiger partial charge is 0.490 e. The molecule has 0 heterocycles. The Hall–Kier alpha value is -2.44. The van der Waals surface area contributed by atoms with Crippen molar-refractivity contribution < 1.29 is 19.0 Å². The van der Waals surface area contributed by atoms with Gasteiger partial charge in [-0.15, -0.1) is 0 Å². The first-order valence-electron chi connectivity index (χ1n) is 9.49. The molecule has 1 aromatic rings. The second-order valence-electron chi connectivity index (χ2n) is 5.97. The third-order valence-corrected chi connectivity index (χ3v) is 3.97. The molecule has 0 radical (unpaired) electrons. The van der Waals surface area contributed by atoms with E-state index < -0.39 is 0 Å². The second kappa shape index (κ2) is 12.8. The minimum absolute atomic E-state index is 0.0427. The van der Waals surface area contributed by atoms with Gasteiger partial charge in [0, 0.05) is 20.0 Å². The molecule has 7 heteroatoms. The maximum absolute atomic E-state index is 11.1. The molecule has 0 saturated heterocycles. The molecule has 0 spiro atoms. The van der Waals surface area contributed by atoms with Gasteiger partial charge in [-0.25, -0.2) is 0 Å². The quantitative estimate of drug-likeness (QED) is 0.266. The molecule has 1 aromatic carbocycles. The van der Waals surface area contributed by atoms with Crippen LogP contribution in [0.2, 0.25) is 0 Å². The van der Waals surface area contributed by atoms with E-state index in [0.29, 0.717) is 25.6 Å². The number of esters is 1. The molecule has 0 aliphatic rings. The fourth-order valence-corrected chi connectivity index (χ4v) is 2.52. The van der Waals surface area contributed by atoms with Crippen LogP contribution in [0.4, 0.5) is 0 Å². The summed E-state index contributed by atoms with van der Waals surface area (Å²) in [5.74, 6) is 2.04. The third-order valence-electron chi connectivity index (χ3n) is 3.97. The topological polar surface area (TPSA) is 81.2 Å². The molecule has 0 bridgehead atoms. The number of benzene rings is 1. The summed E-state index contributed by atoms with van der Waals surface area (Å²) < 4.78 is 15.9. The Bertz CT molecular complexity index is 605. The molecule has 1 unspecified atom stereocenters. The summed E-state index contributed by atoms with van der Waals surface area (Å²) in [5.41, 5.74) is 1.08. The molecule has 0 aromatic heterocycles. The van der Waals surface area contributed by atoms with E-state index in [4.69, 9.17) is 9.47 Å². The maximum Gasteiger partial charge on any atom is 0.305 e. The van der Waals surface area contributed by atoms with Crippen molar-refractivity contribution >= 4 is 11.9 Å². The van der Waals surface area contributed by atoms with Gasteiger partial charge in [-0.05, 0) is 51.3 Å². The summed E-state index contributed by atoms with van der Waals surface area (Å²) >= 11 is 0. The Balaban J connectivity index is 2.58. The average Bonchev–Trinajstić information content (AvgIpc) is 2.68. The average molecular weight is 380 g/mol. The smallest absolute Gasteiger partial charge is 0.305 e. The Morgan fingerprint density at radius 3 is 2.48 bits per heavy atom. The molecule has 0 fully saturated rings. The van der Waals surface area contributed by atoms with Crippen molar-refractivity contribution in [1.29, 1.82) is 0 Å². The van der Waals surface area contributed by atoms with Gasteiger partial charge in [0.15, 0.2) is 17.5 Å². The number of carbonyl (C=O) groups is 1. The minimum Gasteiger partial charge on any atom is -0.490 e. The van der Waals surface area contributed by atoms with Crippen molar-refractivity contribution in [3.8, 4) is 11.5 Å². The Morgan fingerprint density at radius 1 is 1.15 bits per heavy atom. The number of carbonyl (C=O) groups excluding carboxylic acids is 1. The molecule has 0 aliphatic carbocycles. The zero-order valence-electron chi connectivity index (χ0n) is 17.1. The molecule has 2 N–H and O–H groups in total. The lowest BCUT2D eigenvalue weighted by Gasteiger charge is -2.20. The normalized spacial score (nSPS) is 12.3. The number of ether oxygens (including phenoxy) is 3. The molecule has 0 amide bonds. The fraction of sp³-hybridized carbons (Fsp3) is 0.600. The number of aliphatic imine (C=N–C) groups is 1. The molecule has 152 valence electrons. The third kappa shape index (κ3) is 8.19. The van der Waals surface area contributed by atoms with Crippen molar-refractivity contribution in [2.75, 3.05) is 33.9 Å². The highest BCUT2D eigenvalue weighted by atomic mass is 16.5. The first-order chi connectivity index (χ1) is 13.0. The van der Waals surface area contributed by atoms with Gasteiger partial charge in [0.2, 0.25) is 0 Å². The number of hydrogen-bond donors (Lipinski definition) is 2. The van der Waals surface area contributed by atoms with Gasteiger partial charge in [0.25, 0.3) is 0 Å². The molecule has 0 saturated carbocycles. The van der Waals surface area contributed by atoms with Crippen LogP contribution in [-0.4, -0.2) is 45.8 Å². The molecule has 0 aliphatic heterocycles. The van der Waals surface area contributed by atoms with Crippen LogP contribution in [0, 0.1) is 0 Å². The van der Waals surface area contributed by atoms with Crippen LogP contribution >= 0.6 is 0 Å². The van der Waals surface area contributed by atoms with Crippen LogP contribution in [0.3, 0.4) is 0 Å². The van der Waals surface area contributed by atoms with E-state index in [1.807, 2.05) is 32.0 Å². The van der Waals surface area contributed by atoms with E-state index in [2.05, 4.69) is 27.3 Å². The molecular weight excluding hydrogens is 346 g/mol. The van der Waals surface area contributed by atoms with Crippen molar-refractivity contribution in [2.45, 2.75) is 46.1 Å². The van der Waals surface area contributed by atoms with Crippen LogP contribution < -0.4 is 20.1 Å². The highest BCUT2D eigenvalue weighted by molar-refractivity contribution is 5.80. The highest BCUT2D eigenvalue weighted by Gasteiger charge is 2.12. The lowest BCUT2D eigenvalue weighted by molar-refractivity contribution is -0.140. The van der Waals surface area contributed by atoms with Gasteiger partial charge in [-0.3, -0.25) is 9.79 Å². The van der Waals surface area contributed by atoms with E-state index in [0.717, 1.165) is 36.4 Å². The summed E-state index contributed by atoms with van der Waals surface area (Å²) in [5, 5.41) is 6.63. The minimum atomic E-state index is -0.174. The monoisotopic (exact) mass is 379 g/mol. The zero-order chi connectivity index (χ0) is 20.1. The molecule has 1 atom stereocenters. The standard InChI is InChI=1S/C20H33N3O4/c1-6-26-17-12-11-16(14-18(17)27-7-2)15(3)23-20(21-4)22-13-9-8-10-19(24)25-5/h11-12,14-15H,6-10,13H2,1-5H3,(H2,21,22,23). The number of nitrogens with one attached hydrogen (secondary N) is 2. The van der Waals surface area contributed by atoms with Gasteiger partial charge in [-0.2, -0.15) is 0 Å². The molecular formula is C20H33N3O4. The number of hydrogen-bond acceptors (Lipinski definition) is 5. The first kappa shape index (κ1) is 22.6. The number of rotatable bonds is 11. The predicted molar refractivity (Wildman–Crippen MR) is 108 cm³/mol. The molecule has 27 heavy (non-hydrogen) atoms. The van der Waals surface area contributed by atoms with Crippen molar-refractivity contribution in [2.24, 2.45) is 4.99 Å². The summed E-state index contributed by atoms with van der Waals surface area (Å²) in [7, 11) is 3.14. The lowest BCUT2D eigenvalue weighted by atomic mass is 10.1.